The minimum Gasteiger partial charge on any atom is -0.385 e. The standard InChI is InChI=1S/C14H18ClNO2/c1-11-3-2-4-12(9-11)14(18)5-7-16(8-6-14)13(17)10-15/h2-4,9,18H,5-8,10H2,1H3. The Morgan fingerprint density at radius 1 is 1.44 bits per heavy atom. The van der Waals surface area contributed by atoms with Gasteiger partial charge in [0.2, 0.25) is 5.91 Å². The maximum absolute atomic E-state index is 11.5. The van der Waals surface area contributed by atoms with Crippen molar-refractivity contribution in [2.45, 2.75) is 25.4 Å². The van der Waals surface area contributed by atoms with Gasteiger partial charge < -0.3 is 10.0 Å². The van der Waals surface area contributed by atoms with Crippen LogP contribution in [0.4, 0.5) is 0 Å². The smallest absolute Gasteiger partial charge is 0.237 e. The van der Waals surface area contributed by atoms with Crippen LogP contribution in [0.5, 0.6) is 0 Å². The van der Waals surface area contributed by atoms with Crippen LogP contribution in [-0.4, -0.2) is 34.9 Å². The summed E-state index contributed by atoms with van der Waals surface area (Å²) in [5.74, 6) is -0.0361. The van der Waals surface area contributed by atoms with Gasteiger partial charge in [0.1, 0.15) is 5.88 Å². The summed E-state index contributed by atoms with van der Waals surface area (Å²) >= 11 is 5.54. The number of halogens is 1. The van der Waals surface area contributed by atoms with Crippen LogP contribution < -0.4 is 0 Å². The molecule has 1 amide bonds. The summed E-state index contributed by atoms with van der Waals surface area (Å²) in [6.45, 7) is 3.14. The largest absolute Gasteiger partial charge is 0.385 e. The number of aryl methyl sites for hydroxylation is 1. The van der Waals surface area contributed by atoms with Gasteiger partial charge in [0.05, 0.1) is 5.60 Å². The SMILES string of the molecule is Cc1cccc(C2(O)CCN(C(=O)CCl)CC2)c1. The highest BCUT2D eigenvalue weighted by Crippen LogP contribution is 2.33. The van der Waals surface area contributed by atoms with E-state index < -0.39 is 5.60 Å². The molecular weight excluding hydrogens is 250 g/mol. The quantitative estimate of drug-likeness (QED) is 0.833. The fourth-order valence-corrected chi connectivity index (χ4v) is 2.60. The second kappa shape index (κ2) is 5.29. The van der Waals surface area contributed by atoms with E-state index in [4.69, 9.17) is 11.6 Å². The van der Waals surface area contributed by atoms with Gasteiger partial charge in [-0.3, -0.25) is 4.79 Å². The van der Waals surface area contributed by atoms with E-state index in [2.05, 4.69) is 0 Å². The van der Waals surface area contributed by atoms with Gasteiger partial charge in [-0.2, -0.15) is 0 Å². The van der Waals surface area contributed by atoms with Crippen LogP contribution in [0, 0.1) is 6.92 Å². The molecule has 1 aromatic carbocycles. The summed E-state index contributed by atoms with van der Waals surface area (Å²) in [6, 6.07) is 7.93. The molecule has 1 saturated heterocycles. The van der Waals surface area contributed by atoms with Crippen LogP contribution in [0.3, 0.4) is 0 Å². The number of likely N-dealkylation sites (tertiary alicyclic amines) is 1. The van der Waals surface area contributed by atoms with Gasteiger partial charge in [-0.05, 0) is 25.3 Å². The second-order valence-corrected chi connectivity index (χ2v) is 5.18. The number of aliphatic hydroxyl groups is 1. The first-order chi connectivity index (χ1) is 8.55. The average molecular weight is 268 g/mol. The molecule has 0 radical (unpaired) electrons. The number of hydrogen-bond donors (Lipinski definition) is 1. The molecule has 4 heteroatoms. The summed E-state index contributed by atoms with van der Waals surface area (Å²) in [5, 5.41) is 10.7. The van der Waals surface area contributed by atoms with Gasteiger partial charge in [-0.25, -0.2) is 0 Å². The van der Waals surface area contributed by atoms with Crippen LogP contribution >= 0.6 is 11.6 Å². The first-order valence-corrected chi connectivity index (χ1v) is 6.72. The number of rotatable bonds is 2. The normalized spacial score (nSPS) is 18.7. The molecule has 3 nitrogen and oxygen atoms in total. The van der Waals surface area contributed by atoms with Crippen molar-refractivity contribution in [1.82, 2.24) is 4.90 Å². The Bertz CT molecular complexity index is 439. The first-order valence-electron chi connectivity index (χ1n) is 6.18. The number of carbonyl (C=O) groups excluding carboxylic acids is 1. The zero-order valence-electron chi connectivity index (χ0n) is 10.5. The fourth-order valence-electron chi connectivity index (χ4n) is 2.43. The molecule has 98 valence electrons. The molecule has 0 atom stereocenters. The van der Waals surface area contributed by atoms with E-state index in [0.29, 0.717) is 25.9 Å². The van der Waals surface area contributed by atoms with Crippen LogP contribution in [0.25, 0.3) is 0 Å². The zero-order valence-corrected chi connectivity index (χ0v) is 11.3. The Balaban J connectivity index is 2.09. The molecule has 1 aliphatic rings. The van der Waals surface area contributed by atoms with Crippen molar-refractivity contribution in [3.8, 4) is 0 Å². The van der Waals surface area contributed by atoms with E-state index in [1.54, 1.807) is 4.90 Å². The highest BCUT2D eigenvalue weighted by Gasteiger charge is 2.35. The maximum atomic E-state index is 11.5. The third-order valence-corrected chi connectivity index (χ3v) is 3.84. The summed E-state index contributed by atoms with van der Waals surface area (Å²) < 4.78 is 0. The van der Waals surface area contributed by atoms with E-state index in [1.165, 1.54) is 0 Å². The van der Waals surface area contributed by atoms with Gasteiger partial charge in [-0.15, -0.1) is 11.6 Å². The van der Waals surface area contributed by atoms with E-state index in [0.717, 1.165) is 11.1 Å². The molecular formula is C14H18ClNO2. The van der Waals surface area contributed by atoms with Gasteiger partial charge in [0.15, 0.2) is 0 Å². The molecule has 0 bridgehead atoms. The number of hydrogen-bond acceptors (Lipinski definition) is 2. The maximum Gasteiger partial charge on any atom is 0.237 e. The molecule has 2 rings (SSSR count). The molecule has 0 aliphatic carbocycles. The molecule has 0 unspecified atom stereocenters. The van der Waals surface area contributed by atoms with Crippen molar-refractivity contribution in [3.63, 3.8) is 0 Å². The highest BCUT2D eigenvalue weighted by atomic mass is 35.5. The van der Waals surface area contributed by atoms with Crippen molar-refractivity contribution in [3.05, 3.63) is 35.4 Å². The van der Waals surface area contributed by atoms with E-state index >= 15 is 0 Å². The number of nitrogens with zero attached hydrogens (tertiary/aromatic N) is 1. The molecule has 0 spiro atoms. The zero-order chi connectivity index (χ0) is 13.2. The van der Waals surface area contributed by atoms with Crippen LogP contribution in [0.1, 0.15) is 24.0 Å². The van der Waals surface area contributed by atoms with Crippen LogP contribution in [0.15, 0.2) is 24.3 Å². The number of alkyl halides is 1. The lowest BCUT2D eigenvalue weighted by Crippen LogP contribution is -2.45. The van der Waals surface area contributed by atoms with Gasteiger partial charge in [0.25, 0.3) is 0 Å². The summed E-state index contributed by atoms with van der Waals surface area (Å²) in [5.41, 5.74) is 1.27. The Hall–Kier alpha value is -1.06. The first kappa shape index (κ1) is 13.4. The van der Waals surface area contributed by atoms with Gasteiger partial charge in [0, 0.05) is 13.1 Å². The molecule has 0 saturated carbocycles. The van der Waals surface area contributed by atoms with E-state index in [-0.39, 0.29) is 11.8 Å². The second-order valence-electron chi connectivity index (χ2n) is 4.92. The van der Waals surface area contributed by atoms with Crippen molar-refractivity contribution in [2.75, 3.05) is 19.0 Å². The van der Waals surface area contributed by atoms with Gasteiger partial charge >= 0.3 is 0 Å². The Labute approximate surface area is 112 Å². The van der Waals surface area contributed by atoms with Crippen LogP contribution in [0.2, 0.25) is 0 Å². The van der Waals surface area contributed by atoms with Crippen molar-refractivity contribution < 1.29 is 9.90 Å². The van der Waals surface area contributed by atoms with E-state index in [1.807, 2.05) is 31.2 Å². The minimum absolute atomic E-state index is 0.0167. The lowest BCUT2D eigenvalue weighted by molar-refractivity contribution is -0.133. The molecule has 18 heavy (non-hydrogen) atoms. The molecule has 1 fully saturated rings. The topological polar surface area (TPSA) is 40.5 Å². The average Bonchev–Trinajstić information content (AvgIpc) is 2.39. The summed E-state index contributed by atoms with van der Waals surface area (Å²) in [4.78, 5) is 13.2. The van der Waals surface area contributed by atoms with Crippen molar-refractivity contribution in [1.29, 1.82) is 0 Å². The molecule has 0 aromatic heterocycles. The predicted octanol–water partition coefficient (Wildman–Crippen LogP) is 2.04. The van der Waals surface area contributed by atoms with Crippen molar-refractivity contribution >= 4 is 17.5 Å². The number of amides is 1. The Kier molecular flexibility index (Phi) is 3.93. The Morgan fingerprint density at radius 3 is 2.67 bits per heavy atom. The predicted molar refractivity (Wildman–Crippen MR) is 71.6 cm³/mol. The lowest BCUT2D eigenvalue weighted by atomic mass is 9.84. The fraction of sp³-hybridized carbons (Fsp3) is 0.500. The summed E-state index contributed by atoms with van der Waals surface area (Å²) in [6.07, 6.45) is 1.14. The molecule has 1 heterocycles. The highest BCUT2D eigenvalue weighted by molar-refractivity contribution is 6.27. The third-order valence-electron chi connectivity index (χ3n) is 3.61. The van der Waals surface area contributed by atoms with E-state index in [9.17, 15) is 9.90 Å². The Morgan fingerprint density at radius 2 is 2.11 bits per heavy atom. The summed E-state index contributed by atoms with van der Waals surface area (Å²) in [7, 11) is 0. The minimum atomic E-state index is -0.810. The monoisotopic (exact) mass is 267 g/mol. The number of piperidine rings is 1. The lowest BCUT2D eigenvalue weighted by Gasteiger charge is -2.38. The third kappa shape index (κ3) is 2.68. The molecule has 1 aliphatic heterocycles. The molecule has 1 N–H and O–H groups in total. The number of benzene rings is 1. The van der Waals surface area contributed by atoms with Gasteiger partial charge in [-0.1, -0.05) is 29.8 Å². The van der Waals surface area contributed by atoms with Crippen molar-refractivity contribution in [2.24, 2.45) is 0 Å². The van der Waals surface area contributed by atoms with Crippen LogP contribution in [-0.2, 0) is 10.4 Å². The molecule has 1 aromatic rings. The number of carbonyl (C=O) groups is 1.